The van der Waals surface area contributed by atoms with E-state index in [0.717, 1.165) is 9.26 Å². The normalized spacial score (nSPS) is 9.90. The second kappa shape index (κ2) is 2.87. The van der Waals surface area contributed by atoms with Crippen molar-refractivity contribution in [3.63, 3.8) is 0 Å². The number of hydrogen-bond acceptors (Lipinski definition) is 3. The van der Waals surface area contributed by atoms with Crippen molar-refractivity contribution in [3.05, 3.63) is 14.5 Å². The molecule has 5 heteroatoms. The summed E-state index contributed by atoms with van der Waals surface area (Å²) in [6, 6.07) is 0. The first kappa shape index (κ1) is 8.00. The van der Waals surface area contributed by atoms with Crippen molar-refractivity contribution >= 4 is 40.0 Å². The van der Waals surface area contributed by atoms with Gasteiger partial charge in [0.25, 0.3) is 0 Å². The third kappa shape index (κ3) is 1.49. The SMILES string of the molecule is Cc1nc(Cl)nc(N)c1I. The largest absolute Gasteiger partial charge is 0.383 e. The number of nitrogens with zero attached hydrogens (tertiary/aromatic N) is 2. The van der Waals surface area contributed by atoms with Crippen LogP contribution in [-0.4, -0.2) is 9.97 Å². The predicted molar refractivity (Wildman–Crippen MR) is 48.9 cm³/mol. The first-order valence-corrected chi connectivity index (χ1v) is 4.02. The summed E-state index contributed by atoms with van der Waals surface area (Å²) in [7, 11) is 0. The van der Waals surface area contributed by atoms with Gasteiger partial charge in [-0.25, -0.2) is 4.98 Å². The van der Waals surface area contributed by atoms with E-state index in [1.807, 2.05) is 6.92 Å². The molecule has 1 aromatic rings. The second-order valence-electron chi connectivity index (χ2n) is 1.78. The molecule has 0 fully saturated rings. The zero-order valence-corrected chi connectivity index (χ0v) is 8.14. The highest BCUT2D eigenvalue weighted by atomic mass is 127. The molecule has 0 bridgehead atoms. The molecule has 0 amide bonds. The van der Waals surface area contributed by atoms with Crippen LogP contribution in [0.4, 0.5) is 5.82 Å². The van der Waals surface area contributed by atoms with Crippen molar-refractivity contribution in [3.8, 4) is 0 Å². The minimum absolute atomic E-state index is 0.204. The van der Waals surface area contributed by atoms with Crippen LogP contribution < -0.4 is 5.73 Å². The third-order valence-electron chi connectivity index (χ3n) is 1.02. The van der Waals surface area contributed by atoms with E-state index >= 15 is 0 Å². The number of nitrogen functional groups attached to an aromatic ring is 1. The van der Waals surface area contributed by atoms with E-state index in [2.05, 4.69) is 32.6 Å². The van der Waals surface area contributed by atoms with Gasteiger partial charge in [-0.15, -0.1) is 0 Å². The molecule has 0 aliphatic carbocycles. The molecule has 10 heavy (non-hydrogen) atoms. The summed E-state index contributed by atoms with van der Waals surface area (Å²) >= 11 is 7.59. The van der Waals surface area contributed by atoms with E-state index in [0.29, 0.717) is 5.82 Å². The molecule has 54 valence electrons. The van der Waals surface area contributed by atoms with Crippen LogP contribution in [-0.2, 0) is 0 Å². The fraction of sp³-hybridized carbons (Fsp3) is 0.200. The number of nitrogens with two attached hydrogens (primary N) is 1. The van der Waals surface area contributed by atoms with E-state index in [1.165, 1.54) is 0 Å². The Morgan fingerprint density at radius 1 is 1.50 bits per heavy atom. The molecule has 0 aliphatic rings. The van der Waals surface area contributed by atoms with Crippen molar-refractivity contribution in [2.24, 2.45) is 0 Å². The number of halogens is 2. The molecule has 0 aromatic carbocycles. The Hall–Kier alpha value is -0.100. The van der Waals surface area contributed by atoms with E-state index in [4.69, 9.17) is 17.3 Å². The van der Waals surface area contributed by atoms with Crippen LogP contribution in [0.5, 0.6) is 0 Å². The van der Waals surface area contributed by atoms with Gasteiger partial charge in [0.15, 0.2) is 0 Å². The fourth-order valence-electron chi connectivity index (χ4n) is 0.546. The highest BCUT2D eigenvalue weighted by Gasteiger charge is 2.02. The molecule has 0 saturated heterocycles. The summed E-state index contributed by atoms with van der Waals surface area (Å²) in [5.41, 5.74) is 6.30. The van der Waals surface area contributed by atoms with Crippen molar-refractivity contribution in [2.45, 2.75) is 6.92 Å². The van der Waals surface area contributed by atoms with E-state index < -0.39 is 0 Å². The van der Waals surface area contributed by atoms with E-state index in [9.17, 15) is 0 Å². The van der Waals surface area contributed by atoms with E-state index in [1.54, 1.807) is 0 Å². The van der Waals surface area contributed by atoms with Crippen LogP contribution in [0.2, 0.25) is 5.28 Å². The molecule has 1 rings (SSSR count). The fourth-order valence-corrected chi connectivity index (χ4v) is 1.01. The Morgan fingerprint density at radius 2 is 2.10 bits per heavy atom. The van der Waals surface area contributed by atoms with Gasteiger partial charge < -0.3 is 5.73 Å². The molecule has 3 nitrogen and oxygen atoms in total. The lowest BCUT2D eigenvalue weighted by molar-refractivity contribution is 1.09. The summed E-state index contributed by atoms with van der Waals surface area (Å²) in [6.45, 7) is 1.84. The summed E-state index contributed by atoms with van der Waals surface area (Å²) in [5, 5.41) is 0.204. The molecule has 1 aromatic heterocycles. The lowest BCUT2D eigenvalue weighted by Gasteiger charge is -1.99. The first-order chi connectivity index (χ1) is 4.61. The molecule has 2 N–H and O–H groups in total. The predicted octanol–water partition coefficient (Wildman–Crippen LogP) is 1.63. The van der Waals surface area contributed by atoms with Gasteiger partial charge in [0, 0.05) is 0 Å². The van der Waals surface area contributed by atoms with Crippen LogP contribution >= 0.6 is 34.2 Å². The lowest BCUT2D eigenvalue weighted by atomic mass is 10.4. The first-order valence-electron chi connectivity index (χ1n) is 2.56. The zero-order valence-electron chi connectivity index (χ0n) is 5.23. The molecule has 0 radical (unpaired) electrons. The Labute approximate surface area is 77.1 Å². The topological polar surface area (TPSA) is 51.8 Å². The molecular formula is C5H5ClIN3. The minimum Gasteiger partial charge on any atom is -0.383 e. The number of hydrogen-bond donors (Lipinski definition) is 1. The van der Waals surface area contributed by atoms with Crippen LogP contribution in [0.1, 0.15) is 5.69 Å². The summed E-state index contributed by atoms with van der Waals surface area (Å²) in [5.74, 6) is 0.443. The molecule has 0 atom stereocenters. The molecular weight excluding hydrogens is 264 g/mol. The lowest BCUT2D eigenvalue weighted by Crippen LogP contribution is -1.99. The van der Waals surface area contributed by atoms with Crippen molar-refractivity contribution in [2.75, 3.05) is 5.73 Å². The zero-order chi connectivity index (χ0) is 7.72. The van der Waals surface area contributed by atoms with Gasteiger partial charge >= 0.3 is 0 Å². The maximum Gasteiger partial charge on any atom is 0.224 e. The van der Waals surface area contributed by atoms with Gasteiger partial charge in [-0.1, -0.05) is 0 Å². The van der Waals surface area contributed by atoms with Gasteiger partial charge in [-0.2, -0.15) is 4.98 Å². The average molecular weight is 269 g/mol. The standard InChI is InChI=1S/C5H5ClIN3/c1-2-3(7)4(8)10-5(6)9-2/h1H3,(H2,8,9,10). The maximum atomic E-state index is 5.52. The van der Waals surface area contributed by atoms with Crippen molar-refractivity contribution < 1.29 is 0 Å². The van der Waals surface area contributed by atoms with Gasteiger partial charge in [-0.3, -0.25) is 0 Å². The number of aryl methyl sites for hydroxylation is 1. The van der Waals surface area contributed by atoms with Crippen LogP contribution in [0, 0.1) is 10.5 Å². The minimum atomic E-state index is 0.204. The second-order valence-corrected chi connectivity index (χ2v) is 3.19. The van der Waals surface area contributed by atoms with E-state index in [-0.39, 0.29) is 5.28 Å². The van der Waals surface area contributed by atoms with Gasteiger partial charge in [0.05, 0.1) is 9.26 Å². The maximum absolute atomic E-state index is 5.52. The number of anilines is 1. The van der Waals surface area contributed by atoms with Crippen molar-refractivity contribution in [1.82, 2.24) is 9.97 Å². The average Bonchev–Trinajstić information content (AvgIpc) is 1.82. The molecule has 0 aliphatic heterocycles. The van der Waals surface area contributed by atoms with Crippen LogP contribution in [0.3, 0.4) is 0 Å². The number of rotatable bonds is 0. The third-order valence-corrected chi connectivity index (χ3v) is 2.52. The van der Waals surface area contributed by atoms with Crippen molar-refractivity contribution in [1.29, 1.82) is 0 Å². The monoisotopic (exact) mass is 269 g/mol. The summed E-state index contributed by atoms with van der Waals surface area (Å²) < 4.78 is 0.863. The van der Waals surface area contributed by atoms with Crippen LogP contribution in [0.25, 0.3) is 0 Å². The van der Waals surface area contributed by atoms with Gasteiger partial charge in [0.2, 0.25) is 5.28 Å². The molecule has 0 spiro atoms. The Bertz CT molecular complexity index is 240. The van der Waals surface area contributed by atoms with Gasteiger partial charge in [-0.05, 0) is 41.1 Å². The Balaban J connectivity index is 3.31. The Kier molecular flexibility index (Phi) is 2.30. The quantitative estimate of drug-likeness (QED) is 0.575. The summed E-state index contributed by atoms with van der Waals surface area (Å²) in [6.07, 6.45) is 0. The molecule has 0 unspecified atom stereocenters. The molecule has 1 heterocycles. The molecule has 0 saturated carbocycles. The highest BCUT2D eigenvalue weighted by Crippen LogP contribution is 2.16. The smallest absolute Gasteiger partial charge is 0.224 e. The highest BCUT2D eigenvalue weighted by molar-refractivity contribution is 14.1. The Morgan fingerprint density at radius 3 is 2.60 bits per heavy atom. The van der Waals surface area contributed by atoms with Crippen LogP contribution in [0.15, 0.2) is 0 Å². The summed E-state index contributed by atoms with van der Waals surface area (Å²) in [4.78, 5) is 7.66. The number of aromatic nitrogens is 2. The van der Waals surface area contributed by atoms with Gasteiger partial charge in [0.1, 0.15) is 5.82 Å².